The van der Waals surface area contributed by atoms with Crippen LogP contribution in [0.1, 0.15) is 42.9 Å². The molecule has 0 radical (unpaired) electrons. The van der Waals surface area contributed by atoms with Crippen LogP contribution in [0.15, 0.2) is 54.1 Å². The number of hydrogen-bond acceptors (Lipinski definition) is 6. The van der Waals surface area contributed by atoms with Gasteiger partial charge >= 0.3 is 5.97 Å². The average molecular weight is 453 g/mol. The van der Waals surface area contributed by atoms with Crippen LogP contribution >= 0.6 is 0 Å². The molecule has 2 aromatic carbocycles. The fourth-order valence-electron chi connectivity index (χ4n) is 3.97. The van der Waals surface area contributed by atoms with Gasteiger partial charge in [0.2, 0.25) is 0 Å². The smallest absolute Gasteiger partial charge is 0.303 e. The molecule has 0 spiro atoms. The normalized spacial score (nSPS) is 17.3. The van der Waals surface area contributed by atoms with Gasteiger partial charge in [-0.25, -0.2) is 0 Å². The van der Waals surface area contributed by atoms with Gasteiger partial charge in [-0.05, 0) is 36.6 Å². The SMILES string of the molecule is COc1ccc(C(O)=C2C(=O)C(=O)N(CCCCCC(=O)O)[C@H]2c2ccccc2)cc1OC. The maximum Gasteiger partial charge on any atom is 0.303 e. The molecule has 8 heteroatoms. The molecule has 33 heavy (non-hydrogen) atoms. The minimum absolute atomic E-state index is 0.00366. The van der Waals surface area contributed by atoms with Crippen molar-refractivity contribution in [2.45, 2.75) is 31.7 Å². The largest absolute Gasteiger partial charge is 0.507 e. The number of benzene rings is 2. The molecule has 0 aliphatic carbocycles. The highest BCUT2D eigenvalue weighted by atomic mass is 16.5. The van der Waals surface area contributed by atoms with E-state index >= 15 is 0 Å². The first-order chi connectivity index (χ1) is 15.9. The Balaban J connectivity index is 1.99. The number of hydrogen-bond donors (Lipinski definition) is 2. The molecule has 3 rings (SSSR count). The van der Waals surface area contributed by atoms with Crippen LogP contribution < -0.4 is 9.47 Å². The third-order valence-electron chi connectivity index (χ3n) is 5.60. The maximum atomic E-state index is 13.0. The van der Waals surface area contributed by atoms with E-state index in [4.69, 9.17) is 14.6 Å². The summed E-state index contributed by atoms with van der Waals surface area (Å²) in [5, 5.41) is 19.9. The van der Waals surface area contributed by atoms with Crippen molar-refractivity contribution in [3.63, 3.8) is 0 Å². The Morgan fingerprint density at radius 1 is 0.939 bits per heavy atom. The van der Waals surface area contributed by atoms with Crippen molar-refractivity contribution in [1.29, 1.82) is 0 Å². The molecule has 1 fully saturated rings. The van der Waals surface area contributed by atoms with Crippen molar-refractivity contribution in [3.05, 3.63) is 65.2 Å². The zero-order valence-electron chi connectivity index (χ0n) is 18.6. The molecule has 0 bridgehead atoms. The Labute approximate surface area is 192 Å². The molecule has 0 saturated carbocycles. The highest BCUT2D eigenvalue weighted by molar-refractivity contribution is 6.46. The van der Waals surface area contributed by atoms with E-state index in [2.05, 4.69) is 0 Å². The number of ketones is 1. The van der Waals surface area contributed by atoms with Crippen LogP contribution in [0, 0.1) is 0 Å². The van der Waals surface area contributed by atoms with E-state index < -0.39 is 23.7 Å². The minimum atomic E-state index is -0.866. The van der Waals surface area contributed by atoms with Gasteiger partial charge in [0.05, 0.1) is 25.8 Å². The van der Waals surface area contributed by atoms with Gasteiger partial charge in [0.15, 0.2) is 11.5 Å². The van der Waals surface area contributed by atoms with Gasteiger partial charge < -0.3 is 24.6 Å². The fourth-order valence-corrected chi connectivity index (χ4v) is 3.97. The second-order valence-corrected chi connectivity index (χ2v) is 7.68. The van der Waals surface area contributed by atoms with Crippen molar-refractivity contribution >= 4 is 23.4 Å². The summed E-state index contributed by atoms with van der Waals surface area (Å²) >= 11 is 0. The first-order valence-corrected chi connectivity index (χ1v) is 10.7. The van der Waals surface area contributed by atoms with Gasteiger partial charge in [0.1, 0.15) is 5.76 Å². The lowest BCUT2D eigenvalue weighted by molar-refractivity contribution is -0.140. The lowest BCUT2D eigenvalue weighted by Gasteiger charge is -2.25. The number of unbranched alkanes of at least 4 members (excludes halogenated alkanes) is 2. The Morgan fingerprint density at radius 3 is 2.27 bits per heavy atom. The number of carbonyl (C=O) groups excluding carboxylic acids is 2. The van der Waals surface area contributed by atoms with Gasteiger partial charge in [-0.2, -0.15) is 0 Å². The summed E-state index contributed by atoms with van der Waals surface area (Å²) in [5.41, 5.74) is 1.03. The Kier molecular flexibility index (Phi) is 7.71. The quantitative estimate of drug-likeness (QED) is 0.244. The number of Topliss-reactive ketones (excluding diaryl/α,β-unsaturated/α-hetero) is 1. The minimum Gasteiger partial charge on any atom is -0.507 e. The lowest BCUT2D eigenvalue weighted by atomic mass is 9.95. The van der Waals surface area contributed by atoms with Crippen LogP contribution in [0.3, 0.4) is 0 Å². The second-order valence-electron chi connectivity index (χ2n) is 7.68. The predicted molar refractivity (Wildman–Crippen MR) is 121 cm³/mol. The first kappa shape index (κ1) is 23.8. The Bertz CT molecular complexity index is 1060. The Morgan fingerprint density at radius 2 is 1.64 bits per heavy atom. The number of rotatable bonds is 10. The number of likely N-dealkylation sites (tertiary alicyclic amines) is 1. The number of aliphatic hydroxyl groups is 1. The number of nitrogens with zero attached hydrogens (tertiary/aromatic N) is 1. The third kappa shape index (κ3) is 5.16. The van der Waals surface area contributed by atoms with Crippen LogP contribution in [0.25, 0.3) is 5.76 Å². The molecule has 1 saturated heterocycles. The van der Waals surface area contributed by atoms with E-state index in [1.165, 1.54) is 19.1 Å². The monoisotopic (exact) mass is 453 g/mol. The highest BCUT2D eigenvalue weighted by Crippen LogP contribution is 2.40. The van der Waals surface area contributed by atoms with Crippen LogP contribution in [-0.2, 0) is 14.4 Å². The standard InChI is InChI=1S/C25H27NO7/c1-32-18-13-12-17(15-19(18)33-2)23(29)21-22(16-9-5-3-6-10-16)26(25(31)24(21)30)14-8-4-7-11-20(27)28/h3,5-6,9-10,12-13,15,22,29H,4,7-8,11,14H2,1-2H3,(H,27,28)/t22-/m0/s1. The molecule has 0 aromatic heterocycles. The summed E-state index contributed by atoms with van der Waals surface area (Å²) in [6.45, 7) is 0.270. The molecular formula is C25H27NO7. The van der Waals surface area contributed by atoms with Crippen LogP contribution in [-0.4, -0.2) is 53.5 Å². The highest BCUT2D eigenvalue weighted by Gasteiger charge is 2.45. The molecule has 2 aromatic rings. The van der Waals surface area contributed by atoms with E-state index in [0.29, 0.717) is 41.9 Å². The molecule has 1 aliphatic rings. The van der Waals surface area contributed by atoms with Gasteiger partial charge in [-0.15, -0.1) is 0 Å². The molecule has 1 aliphatic heterocycles. The zero-order chi connectivity index (χ0) is 24.0. The molecule has 1 heterocycles. The molecule has 0 unspecified atom stereocenters. The summed E-state index contributed by atoms with van der Waals surface area (Å²) in [6.07, 6.45) is 1.69. The number of methoxy groups -OCH3 is 2. The summed E-state index contributed by atoms with van der Waals surface area (Å²) in [5.74, 6) is -1.77. The van der Waals surface area contributed by atoms with Crippen molar-refractivity contribution in [2.24, 2.45) is 0 Å². The molecular weight excluding hydrogens is 426 g/mol. The van der Waals surface area contributed by atoms with Crippen LogP contribution in [0.2, 0.25) is 0 Å². The van der Waals surface area contributed by atoms with Crippen LogP contribution in [0.4, 0.5) is 0 Å². The summed E-state index contributed by atoms with van der Waals surface area (Å²) in [4.78, 5) is 38.1. The molecule has 174 valence electrons. The number of aliphatic hydroxyl groups excluding tert-OH is 1. The topological polar surface area (TPSA) is 113 Å². The van der Waals surface area contributed by atoms with Crippen molar-refractivity contribution < 1.29 is 34.1 Å². The van der Waals surface area contributed by atoms with Gasteiger partial charge in [0.25, 0.3) is 11.7 Å². The number of carboxylic acids is 1. The molecule has 8 nitrogen and oxygen atoms in total. The number of amides is 1. The molecule has 1 atom stereocenters. The van der Waals surface area contributed by atoms with E-state index in [1.807, 2.05) is 6.07 Å². The number of carboxylic acid groups (broad SMARTS) is 1. The lowest BCUT2D eigenvalue weighted by Crippen LogP contribution is -2.30. The number of ether oxygens (including phenoxy) is 2. The zero-order valence-corrected chi connectivity index (χ0v) is 18.6. The predicted octanol–water partition coefficient (Wildman–Crippen LogP) is 3.77. The van der Waals surface area contributed by atoms with E-state index in [0.717, 1.165) is 0 Å². The van der Waals surface area contributed by atoms with Crippen molar-refractivity contribution in [1.82, 2.24) is 4.90 Å². The summed E-state index contributed by atoms with van der Waals surface area (Å²) in [7, 11) is 2.96. The summed E-state index contributed by atoms with van der Waals surface area (Å²) < 4.78 is 10.5. The summed E-state index contributed by atoms with van der Waals surface area (Å²) in [6, 6.07) is 13.1. The van der Waals surface area contributed by atoms with E-state index in [-0.39, 0.29) is 24.3 Å². The maximum absolute atomic E-state index is 13.0. The number of aliphatic carboxylic acids is 1. The Hall–Kier alpha value is -3.81. The first-order valence-electron chi connectivity index (χ1n) is 10.7. The van der Waals surface area contributed by atoms with E-state index in [9.17, 15) is 19.5 Å². The van der Waals surface area contributed by atoms with Crippen LogP contribution in [0.5, 0.6) is 11.5 Å². The third-order valence-corrected chi connectivity index (χ3v) is 5.60. The second kappa shape index (κ2) is 10.7. The van der Waals surface area contributed by atoms with Gasteiger partial charge in [-0.3, -0.25) is 14.4 Å². The van der Waals surface area contributed by atoms with Gasteiger partial charge in [0, 0.05) is 18.5 Å². The molecule has 1 amide bonds. The van der Waals surface area contributed by atoms with E-state index in [1.54, 1.807) is 42.5 Å². The average Bonchev–Trinajstić information content (AvgIpc) is 3.08. The van der Waals surface area contributed by atoms with Crippen molar-refractivity contribution in [2.75, 3.05) is 20.8 Å². The molecule has 2 N–H and O–H groups in total. The van der Waals surface area contributed by atoms with Crippen molar-refractivity contribution in [3.8, 4) is 11.5 Å². The van der Waals surface area contributed by atoms with Gasteiger partial charge in [-0.1, -0.05) is 36.8 Å². The fraction of sp³-hybridized carbons (Fsp3) is 0.320. The number of carbonyl (C=O) groups is 3.